The van der Waals surface area contributed by atoms with E-state index in [1.54, 1.807) is 19.1 Å². The molecule has 0 saturated carbocycles. The van der Waals surface area contributed by atoms with Crippen LogP contribution in [0.1, 0.15) is 88.1 Å². The number of hydrogen-bond acceptors (Lipinski definition) is 5. The van der Waals surface area contributed by atoms with Crippen LogP contribution >= 0.6 is 11.3 Å². The SMILES string of the molecule is CCCCCCCCCCC(C)c1ccc(S(=O)(=O)Nc2nnc(C)s2)cc1. The van der Waals surface area contributed by atoms with Crippen molar-refractivity contribution >= 4 is 26.5 Å². The van der Waals surface area contributed by atoms with Crippen LogP contribution in [0, 0.1) is 6.92 Å². The normalized spacial score (nSPS) is 12.8. The maximum absolute atomic E-state index is 12.5. The average Bonchev–Trinajstić information content (AvgIpc) is 3.07. The van der Waals surface area contributed by atoms with Crippen molar-refractivity contribution in [1.82, 2.24) is 10.2 Å². The summed E-state index contributed by atoms with van der Waals surface area (Å²) < 4.78 is 27.4. The number of sulfonamides is 1. The minimum atomic E-state index is -3.62. The van der Waals surface area contributed by atoms with Gasteiger partial charge in [0, 0.05) is 0 Å². The van der Waals surface area contributed by atoms with Crippen molar-refractivity contribution in [3.63, 3.8) is 0 Å². The molecule has 1 aromatic carbocycles. The molecule has 0 bridgehead atoms. The maximum Gasteiger partial charge on any atom is 0.263 e. The zero-order valence-corrected chi connectivity index (χ0v) is 18.9. The lowest BCUT2D eigenvalue weighted by Crippen LogP contribution is -2.12. The summed E-state index contributed by atoms with van der Waals surface area (Å²) in [6.45, 7) is 6.25. The molecule has 5 nitrogen and oxygen atoms in total. The Bertz CT molecular complexity index is 801. The predicted molar refractivity (Wildman–Crippen MR) is 118 cm³/mol. The number of aromatic nitrogens is 2. The van der Waals surface area contributed by atoms with Crippen LogP contribution in [0.5, 0.6) is 0 Å². The number of benzene rings is 1. The van der Waals surface area contributed by atoms with Crippen molar-refractivity contribution in [2.24, 2.45) is 0 Å². The molecule has 2 aromatic rings. The van der Waals surface area contributed by atoms with E-state index >= 15 is 0 Å². The van der Waals surface area contributed by atoms with Crippen molar-refractivity contribution in [2.75, 3.05) is 4.72 Å². The van der Waals surface area contributed by atoms with Gasteiger partial charge in [-0.1, -0.05) is 88.7 Å². The maximum atomic E-state index is 12.5. The first-order valence-electron chi connectivity index (χ1n) is 10.3. The van der Waals surface area contributed by atoms with Gasteiger partial charge in [-0.15, -0.1) is 10.2 Å². The largest absolute Gasteiger partial charge is 0.263 e. The Hall–Kier alpha value is -1.47. The van der Waals surface area contributed by atoms with Gasteiger partial charge >= 0.3 is 0 Å². The Kier molecular flexibility index (Phi) is 9.38. The van der Waals surface area contributed by atoms with Gasteiger partial charge < -0.3 is 0 Å². The number of nitrogens with zero attached hydrogens (tertiary/aromatic N) is 2. The van der Waals surface area contributed by atoms with Crippen LogP contribution in [0.25, 0.3) is 0 Å². The van der Waals surface area contributed by atoms with Crippen LogP contribution < -0.4 is 4.72 Å². The molecule has 1 N–H and O–H groups in total. The summed E-state index contributed by atoms with van der Waals surface area (Å²) in [5.41, 5.74) is 1.19. The Morgan fingerprint density at radius 3 is 2.14 bits per heavy atom. The van der Waals surface area contributed by atoms with Gasteiger partial charge in [0.1, 0.15) is 5.01 Å². The lowest BCUT2D eigenvalue weighted by molar-refractivity contribution is 0.543. The monoisotopic (exact) mass is 423 g/mol. The van der Waals surface area contributed by atoms with E-state index in [1.165, 1.54) is 68.3 Å². The van der Waals surface area contributed by atoms with E-state index in [4.69, 9.17) is 0 Å². The summed E-state index contributed by atoms with van der Waals surface area (Å²) >= 11 is 1.22. The van der Waals surface area contributed by atoms with Crippen LogP contribution in [0.2, 0.25) is 0 Å². The second-order valence-corrected chi connectivity index (χ2v) is 10.3. The fourth-order valence-electron chi connectivity index (χ4n) is 3.24. The highest BCUT2D eigenvalue weighted by Crippen LogP contribution is 2.25. The van der Waals surface area contributed by atoms with E-state index < -0.39 is 10.0 Å². The number of unbranched alkanes of at least 4 members (excludes halogenated alkanes) is 7. The smallest absolute Gasteiger partial charge is 0.253 e. The molecule has 0 aliphatic heterocycles. The molecule has 2 rings (SSSR count). The van der Waals surface area contributed by atoms with Crippen LogP contribution in [0.4, 0.5) is 5.13 Å². The molecule has 0 saturated heterocycles. The predicted octanol–water partition coefficient (Wildman–Crippen LogP) is 6.28. The molecular formula is C21H33N3O2S2. The molecule has 0 fully saturated rings. The van der Waals surface area contributed by atoms with Crippen molar-refractivity contribution in [2.45, 2.75) is 89.4 Å². The van der Waals surface area contributed by atoms with Crippen LogP contribution in [-0.4, -0.2) is 18.6 Å². The van der Waals surface area contributed by atoms with E-state index in [-0.39, 0.29) is 4.90 Å². The first-order chi connectivity index (χ1) is 13.4. The van der Waals surface area contributed by atoms with E-state index in [0.717, 1.165) is 11.4 Å². The topological polar surface area (TPSA) is 72.0 Å². The summed E-state index contributed by atoms with van der Waals surface area (Å²) in [4.78, 5) is 0.253. The third-order valence-electron chi connectivity index (χ3n) is 5.00. The Labute approximate surface area is 174 Å². The van der Waals surface area contributed by atoms with E-state index in [9.17, 15) is 8.42 Å². The van der Waals surface area contributed by atoms with Crippen molar-refractivity contribution in [3.05, 3.63) is 34.8 Å². The van der Waals surface area contributed by atoms with Gasteiger partial charge in [0.05, 0.1) is 4.90 Å². The van der Waals surface area contributed by atoms with Gasteiger partial charge in [0.15, 0.2) is 0 Å². The number of rotatable bonds is 13. The number of hydrogen-bond donors (Lipinski definition) is 1. The third kappa shape index (κ3) is 7.51. The summed E-state index contributed by atoms with van der Waals surface area (Å²) in [7, 11) is -3.62. The molecule has 1 unspecified atom stereocenters. The van der Waals surface area contributed by atoms with Crippen LogP contribution in [0.3, 0.4) is 0 Å². The molecule has 0 spiro atoms. The number of anilines is 1. The van der Waals surface area contributed by atoms with E-state index in [0.29, 0.717) is 11.0 Å². The molecule has 0 radical (unpaired) electrons. The number of aryl methyl sites for hydroxylation is 1. The number of nitrogens with one attached hydrogen (secondary N) is 1. The standard InChI is InChI=1S/C21H33N3O2S2/c1-4-5-6-7-8-9-10-11-12-17(2)19-13-15-20(16-14-19)28(25,26)24-21-23-22-18(3)27-21/h13-17H,4-12H2,1-3H3,(H,23,24). The Morgan fingerprint density at radius 2 is 1.57 bits per heavy atom. The van der Waals surface area contributed by atoms with Gasteiger partial charge in [-0.25, -0.2) is 8.42 Å². The first-order valence-corrected chi connectivity index (χ1v) is 12.6. The fourth-order valence-corrected chi connectivity index (χ4v) is 5.06. The summed E-state index contributed by atoms with van der Waals surface area (Å²) in [5, 5.41) is 8.67. The van der Waals surface area contributed by atoms with Gasteiger partial charge in [0.2, 0.25) is 5.13 Å². The zero-order valence-electron chi connectivity index (χ0n) is 17.3. The molecule has 0 aliphatic carbocycles. The van der Waals surface area contributed by atoms with Gasteiger partial charge in [-0.2, -0.15) is 0 Å². The summed E-state index contributed by atoms with van der Waals surface area (Å²) in [5.74, 6) is 0.440. The van der Waals surface area contributed by atoms with Crippen molar-refractivity contribution in [3.8, 4) is 0 Å². The van der Waals surface area contributed by atoms with Gasteiger partial charge in [-0.3, -0.25) is 4.72 Å². The second kappa shape index (κ2) is 11.5. The van der Waals surface area contributed by atoms with E-state index in [2.05, 4.69) is 28.8 Å². The molecule has 1 aromatic heterocycles. The van der Waals surface area contributed by atoms with Gasteiger partial charge in [0.25, 0.3) is 10.0 Å². The lowest BCUT2D eigenvalue weighted by Gasteiger charge is -2.13. The summed E-state index contributed by atoms with van der Waals surface area (Å²) in [6.07, 6.45) is 11.7. The summed E-state index contributed by atoms with van der Waals surface area (Å²) in [6, 6.07) is 7.20. The molecule has 156 valence electrons. The quantitative estimate of drug-likeness (QED) is 0.385. The minimum Gasteiger partial charge on any atom is -0.253 e. The third-order valence-corrected chi connectivity index (χ3v) is 7.24. The first kappa shape index (κ1) is 22.8. The lowest BCUT2D eigenvalue weighted by atomic mass is 9.95. The Morgan fingerprint density at radius 1 is 0.964 bits per heavy atom. The van der Waals surface area contributed by atoms with Crippen LogP contribution in [0.15, 0.2) is 29.2 Å². The second-order valence-electron chi connectivity index (χ2n) is 7.47. The minimum absolute atomic E-state index is 0.253. The molecular weight excluding hydrogens is 390 g/mol. The zero-order chi connectivity index (χ0) is 20.4. The van der Waals surface area contributed by atoms with Gasteiger partial charge in [-0.05, 0) is 37.0 Å². The van der Waals surface area contributed by atoms with Crippen LogP contribution in [-0.2, 0) is 10.0 Å². The highest BCUT2D eigenvalue weighted by atomic mass is 32.2. The van der Waals surface area contributed by atoms with E-state index in [1.807, 2.05) is 12.1 Å². The Balaban J connectivity index is 1.78. The molecule has 0 amide bonds. The molecule has 7 heteroatoms. The molecule has 1 heterocycles. The molecule has 28 heavy (non-hydrogen) atoms. The van der Waals surface area contributed by atoms with Crippen molar-refractivity contribution in [1.29, 1.82) is 0 Å². The fraction of sp³-hybridized carbons (Fsp3) is 0.619. The molecule has 0 aliphatic rings. The van der Waals surface area contributed by atoms with Crippen molar-refractivity contribution < 1.29 is 8.42 Å². The highest BCUT2D eigenvalue weighted by molar-refractivity contribution is 7.93. The average molecular weight is 424 g/mol. The molecule has 1 atom stereocenters. The highest BCUT2D eigenvalue weighted by Gasteiger charge is 2.17.